The van der Waals surface area contributed by atoms with Crippen molar-refractivity contribution in [3.8, 4) is 0 Å². The van der Waals surface area contributed by atoms with Crippen LogP contribution in [0, 0.1) is 11.8 Å². The van der Waals surface area contributed by atoms with Crippen LogP contribution in [0.3, 0.4) is 0 Å². The number of hydrogen-bond donors (Lipinski definition) is 1. The van der Waals surface area contributed by atoms with Crippen molar-refractivity contribution in [3.05, 3.63) is 0 Å². The summed E-state index contributed by atoms with van der Waals surface area (Å²) in [6.45, 7) is 6.83. The lowest BCUT2D eigenvalue weighted by atomic mass is 9.85. The van der Waals surface area contributed by atoms with Crippen LogP contribution in [0.4, 0.5) is 0 Å². The third-order valence-corrected chi connectivity index (χ3v) is 6.02. The number of hydrogen-bond acceptors (Lipinski definition) is 3. The molecule has 1 heterocycles. The summed E-state index contributed by atoms with van der Waals surface area (Å²) in [5.74, 6) is 0.967. The third-order valence-electron chi connectivity index (χ3n) is 6.02. The molecule has 2 atom stereocenters. The Balaban J connectivity index is 2.34. The number of unbranched alkanes of at least 4 members (excludes halogenated alkanes) is 5. The number of piperidine rings is 1. The van der Waals surface area contributed by atoms with Crippen molar-refractivity contribution in [1.29, 1.82) is 0 Å². The minimum absolute atomic E-state index is 0.422. The SMILES string of the molecule is CCCCCCCCC(CCCC1CCCNC1)C(C)(OC)OC. The average molecular weight is 342 g/mol. The fourth-order valence-corrected chi connectivity index (χ4v) is 4.08. The second kappa shape index (κ2) is 13.1. The van der Waals surface area contributed by atoms with E-state index >= 15 is 0 Å². The second-order valence-electron chi connectivity index (χ2n) is 7.82. The van der Waals surface area contributed by atoms with Gasteiger partial charge in [-0.25, -0.2) is 0 Å². The molecule has 24 heavy (non-hydrogen) atoms. The molecule has 0 radical (unpaired) electrons. The van der Waals surface area contributed by atoms with Gasteiger partial charge >= 0.3 is 0 Å². The first-order valence-electron chi connectivity index (χ1n) is 10.5. The molecular formula is C21H43NO2. The van der Waals surface area contributed by atoms with Gasteiger partial charge in [-0.1, -0.05) is 51.9 Å². The molecule has 1 aliphatic rings. The summed E-state index contributed by atoms with van der Waals surface area (Å²) in [7, 11) is 3.59. The van der Waals surface area contributed by atoms with E-state index in [-0.39, 0.29) is 0 Å². The van der Waals surface area contributed by atoms with Gasteiger partial charge in [-0.05, 0) is 58.0 Å². The molecule has 1 rings (SSSR count). The normalized spacial score (nSPS) is 20.2. The summed E-state index contributed by atoms with van der Waals surface area (Å²) in [6, 6.07) is 0. The molecule has 1 fully saturated rings. The fourth-order valence-electron chi connectivity index (χ4n) is 4.08. The zero-order chi connectivity index (χ0) is 17.7. The molecule has 0 aliphatic carbocycles. The summed E-state index contributed by atoms with van der Waals surface area (Å²) < 4.78 is 11.5. The number of methoxy groups -OCH3 is 2. The van der Waals surface area contributed by atoms with Crippen LogP contribution in [0.25, 0.3) is 0 Å². The highest BCUT2D eigenvalue weighted by Gasteiger charge is 2.33. The van der Waals surface area contributed by atoms with E-state index in [0.717, 1.165) is 5.92 Å². The van der Waals surface area contributed by atoms with Crippen LogP contribution in [0.2, 0.25) is 0 Å². The molecule has 3 nitrogen and oxygen atoms in total. The minimum Gasteiger partial charge on any atom is -0.353 e. The molecule has 2 unspecified atom stereocenters. The lowest BCUT2D eigenvalue weighted by Crippen LogP contribution is -2.39. The molecule has 1 saturated heterocycles. The largest absolute Gasteiger partial charge is 0.353 e. The van der Waals surface area contributed by atoms with Gasteiger partial charge in [-0.2, -0.15) is 0 Å². The Labute approximate surface area is 151 Å². The summed E-state index contributed by atoms with van der Waals surface area (Å²) in [4.78, 5) is 0. The van der Waals surface area contributed by atoms with Crippen LogP contribution in [-0.4, -0.2) is 33.1 Å². The minimum atomic E-state index is -0.422. The molecule has 0 amide bonds. The highest BCUT2D eigenvalue weighted by atomic mass is 16.7. The topological polar surface area (TPSA) is 30.5 Å². The monoisotopic (exact) mass is 341 g/mol. The Kier molecular flexibility index (Phi) is 12.0. The molecular weight excluding hydrogens is 298 g/mol. The quantitative estimate of drug-likeness (QED) is 0.333. The van der Waals surface area contributed by atoms with Crippen molar-refractivity contribution in [2.24, 2.45) is 11.8 Å². The standard InChI is InChI=1S/C21H43NO2/c1-5-6-7-8-9-10-15-20(21(2,23-3)24-4)16-11-13-19-14-12-17-22-18-19/h19-20,22H,5-18H2,1-4H3. The van der Waals surface area contributed by atoms with Crippen LogP contribution in [0.15, 0.2) is 0 Å². The molecule has 0 aromatic heterocycles. The molecule has 3 heteroatoms. The van der Waals surface area contributed by atoms with Crippen LogP contribution in [0.5, 0.6) is 0 Å². The van der Waals surface area contributed by atoms with Crippen molar-refractivity contribution in [2.45, 2.75) is 96.7 Å². The van der Waals surface area contributed by atoms with E-state index in [4.69, 9.17) is 9.47 Å². The first-order chi connectivity index (χ1) is 11.7. The summed E-state index contributed by atoms with van der Waals surface area (Å²) in [5, 5.41) is 3.53. The van der Waals surface area contributed by atoms with Gasteiger partial charge in [0.15, 0.2) is 5.79 Å². The van der Waals surface area contributed by atoms with E-state index in [0.29, 0.717) is 5.92 Å². The van der Waals surface area contributed by atoms with Gasteiger partial charge in [0.1, 0.15) is 0 Å². The lowest BCUT2D eigenvalue weighted by Gasteiger charge is -2.36. The molecule has 0 aromatic rings. The van der Waals surface area contributed by atoms with E-state index in [1.54, 1.807) is 14.2 Å². The maximum Gasteiger partial charge on any atom is 0.167 e. The van der Waals surface area contributed by atoms with E-state index in [2.05, 4.69) is 19.2 Å². The Morgan fingerprint density at radius 2 is 1.67 bits per heavy atom. The Hall–Kier alpha value is -0.120. The lowest BCUT2D eigenvalue weighted by molar-refractivity contribution is -0.230. The molecule has 0 spiro atoms. The molecule has 1 aliphatic heterocycles. The Bertz CT molecular complexity index is 286. The van der Waals surface area contributed by atoms with Crippen molar-refractivity contribution < 1.29 is 9.47 Å². The van der Waals surface area contributed by atoms with Gasteiger partial charge in [-0.3, -0.25) is 0 Å². The van der Waals surface area contributed by atoms with Gasteiger partial charge in [0.05, 0.1) is 0 Å². The van der Waals surface area contributed by atoms with Crippen LogP contribution >= 0.6 is 0 Å². The molecule has 1 N–H and O–H groups in total. The molecule has 0 saturated carbocycles. The van der Waals surface area contributed by atoms with E-state index < -0.39 is 5.79 Å². The van der Waals surface area contributed by atoms with E-state index in [1.165, 1.54) is 90.1 Å². The highest BCUT2D eigenvalue weighted by Crippen LogP contribution is 2.32. The molecule has 144 valence electrons. The van der Waals surface area contributed by atoms with Gasteiger partial charge in [0.25, 0.3) is 0 Å². The summed E-state index contributed by atoms with van der Waals surface area (Å²) >= 11 is 0. The zero-order valence-corrected chi connectivity index (χ0v) is 16.9. The maximum absolute atomic E-state index is 5.75. The summed E-state index contributed by atoms with van der Waals surface area (Å²) in [6.07, 6.45) is 16.0. The number of nitrogens with one attached hydrogen (secondary N) is 1. The van der Waals surface area contributed by atoms with Crippen LogP contribution in [0.1, 0.15) is 90.9 Å². The number of ether oxygens (including phenoxy) is 2. The Morgan fingerprint density at radius 3 is 2.29 bits per heavy atom. The van der Waals surface area contributed by atoms with Gasteiger partial charge in [0.2, 0.25) is 0 Å². The predicted molar refractivity (Wildman–Crippen MR) is 103 cm³/mol. The zero-order valence-electron chi connectivity index (χ0n) is 16.9. The van der Waals surface area contributed by atoms with Crippen molar-refractivity contribution >= 4 is 0 Å². The van der Waals surface area contributed by atoms with Gasteiger partial charge < -0.3 is 14.8 Å². The van der Waals surface area contributed by atoms with Crippen molar-refractivity contribution in [1.82, 2.24) is 5.32 Å². The van der Waals surface area contributed by atoms with Gasteiger partial charge in [0, 0.05) is 20.1 Å². The average Bonchev–Trinajstić information content (AvgIpc) is 2.63. The summed E-state index contributed by atoms with van der Waals surface area (Å²) in [5.41, 5.74) is 0. The smallest absolute Gasteiger partial charge is 0.167 e. The number of rotatable bonds is 14. The van der Waals surface area contributed by atoms with E-state index in [1.807, 2.05) is 0 Å². The maximum atomic E-state index is 5.75. The van der Waals surface area contributed by atoms with Crippen LogP contribution < -0.4 is 5.32 Å². The Morgan fingerprint density at radius 1 is 1.00 bits per heavy atom. The fraction of sp³-hybridized carbons (Fsp3) is 1.00. The van der Waals surface area contributed by atoms with E-state index in [9.17, 15) is 0 Å². The first-order valence-corrected chi connectivity index (χ1v) is 10.5. The highest BCUT2D eigenvalue weighted by molar-refractivity contribution is 4.77. The van der Waals surface area contributed by atoms with Crippen LogP contribution in [-0.2, 0) is 9.47 Å². The van der Waals surface area contributed by atoms with Crippen molar-refractivity contribution in [3.63, 3.8) is 0 Å². The van der Waals surface area contributed by atoms with Gasteiger partial charge in [-0.15, -0.1) is 0 Å². The predicted octanol–water partition coefficient (Wildman–Crippen LogP) is 5.53. The third kappa shape index (κ3) is 8.31. The molecule has 0 aromatic carbocycles. The second-order valence-corrected chi connectivity index (χ2v) is 7.82. The molecule has 0 bridgehead atoms. The van der Waals surface area contributed by atoms with Crippen molar-refractivity contribution in [2.75, 3.05) is 27.3 Å². The first kappa shape index (κ1) is 21.9.